The van der Waals surface area contributed by atoms with Gasteiger partial charge < -0.3 is 10.6 Å². The van der Waals surface area contributed by atoms with E-state index in [0.29, 0.717) is 6.04 Å². The van der Waals surface area contributed by atoms with Crippen molar-refractivity contribution in [3.63, 3.8) is 0 Å². The zero-order valence-electron chi connectivity index (χ0n) is 12.4. The Morgan fingerprint density at radius 1 is 1.32 bits per heavy atom. The van der Waals surface area contributed by atoms with Crippen LogP contribution in [0.5, 0.6) is 0 Å². The molecule has 2 atom stereocenters. The third kappa shape index (κ3) is 3.64. The maximum atomic E-state index is 12.5. The molecular weight excluding hydrogens is 258 g/mol. The quantitative estimate of drug-likeness (QED) is 0.811. The minimum absolute atomic E-state index is 0.196. The van der Waals surface area contributed by atoms with Crippen molar-refractivity contribution in [1.82, 2.24) is 15.5 Å². The number of nitrogens with one attached hydrogen (secondary N) is 2. The lowest BCUT2D eigenvalue weighted by Gasteiger charge is -2.40. The molecule has 1 aliphatic carbocycles. The first kappa shape index (κ1) is 15.1. The van der Waals surface area contributed by atoms with Crippen LogP contribution in [-0.2, 0) is 4.79 Å². The predicted molar refractivity (Wildman–Crippen MR) is 81.6 cm³/mol. The highest BCUT2D eigenvalue weighted by Gasteiger charge is 2.37. The molecule has 0 spiro atoms. The molecule has 2 N–H and O–H groups in total. The monoisotopic (exact) mass is 285 g/mol. The summed E-state index contributed by atoms with van der Waals surface area (Å²) in [6.45, 7) is 7.98. The Labute approximate surface area is 121 Å². The zero-order valence-corrected chi connectivity index (χ0v) is 13.2. The highest BCUT2D eigenvalue weighted by molar-refractivity contribution is 7.99. The average molecular weight is 285 g/mol. The molecule has 1 saturated heterocycles. The Hall–Kier alpha value is -0.260. The van der Waals surface area contributed by atoms with E-state index >= 15 is 0 Å². The molecule has 1 heterocycles. The molecule has 1 saturated carbocycles. The molecule has 0 radical (unpaired) electrons. The van der Waals surface area contributed by atoms with Crippen molar-refractivity contribution in [1.29, 1.82) is 0 Å². The SMILES string of the molecule is CSC1CCC(NC(=O)C(C)(C)N2CCNCC2)C1. The van der Waals surface area contributed by atoms with Crippen molar-refractivity contribution in [3.8, 4) is 0 Å². The highest BCUT2D eigenvalue weighted by atomic mass is 32.2. The van der Waals surface area contributed by atoms with E-state index in [-0.39, 0.29) is 11.4 Å². The molecule has 2 rings (SSSR count). The van der Waals surface area contributed by atoms with Gasteiger partial charge in [-0.15, -0.1) is 0 Å². The van der Waals surface area contributed by atoms with Gasteiger partial charge in [-0.05, 0) is 39.4 Å². The van der Waals surface area contributed by atoms with E-state index in [1.54, 1.807) is 0 Å². The number of hydrogen-bond acceptors (Lipinski definition) is 4. The molecule has 4 nitrogen and oxygen atoms in total. The van der Waals surface area contributed by atoms with Gasteiger partial charge in [0.05, 0.1) is 5.54 Å². The first-order valence-electron chi connectivity index (χ1n) is 7.33. The number of piperazine rings is 1. The van der Waals surface area contributed by atoms with Crippen LogP contribution in [0.1, 0.15) is 33.1 Å². The second kappa shape index (κ2) is 6.46. The Balaban J connectivity index is 1.87. The fourth-order valence-corrected chi connectivity index (χ4v) is 3.81. The summed E-state index contributed by atoms with van der Waals surface area (Å²) in [5.74, 6) is 0.196. The van der Waals surface area contributed by atoms with Gasteiger partial charge in [-0.1, -0.05) is 0 Å². The van der Waals surface area contributed by atoms with Crippen molar-refractivity contribution in [3.05, 3.63) is 0 Å². The molecule has 2 unspecified atom stereocenters. The number of rotatable bonds is 4. The number of hydrogen-bond donors (Lipinski definition) is 2. The zero-order chi connectivity index (χ0) is 13.9. The van der Waals surface area contributed by atoms with Gasteiger partial charge in [0.25, 0.3) is 0 Å². The first-order valence-corrected chi connectivity index (χ1v) is 8.62. The molecule has 0 aromatic rings. The van der Waals surface area contributed by atoms with Crippen molar-refractivity contribution in [2.45, 2.75) is 49.9 Å². The molecule has 1 amide bonds. The summed E-state index contributed by atoms with van der Waals surface area (Å²) in [5, 5.41) is 7.33. The van der Waals surface area contributed by atoms with Crippen molar-refractivity contribution in [2.24, 2.45) is 0 Å². The molecule has 0 aromatic carbocycles. The average Bonchev–Trinajstić information content (AvgIpc) is 2.87. The van der Waals surface area contributed by atoms with Crippen LogP contribution in [0.4, 0.5) is 0 Å². The van der Waals surface area contributed by atoms with Gasteiger partial charge >= 0.3 is 0 Å². The Bertz CT molecular complexity index is 316. The topological polar surface area (TPSA) is 44.4 Å². The molecule has 19 heavy (non-hydrogen) atoms. The summed E-state index contributed by atoms with van der Waals surface area (Å²) in [7, 11) is 0. The molecule has 2 aliphatic rings. The fraction of sp³-hybridized carbons (Fsp3) is 0.929. The van der Waals surface area contributed by atoms with Crippen LogP contribution in [0.3, 0.4) is 0 Å². The van der Waals surface area contributed by atoms with Crippen LogP contribution >= 0.6 is 11.8 Å². The third-order valence-corrected chi connectivity index (χ3v) is 5.61. The fourth-order valence-electron chi connectivity index (χ4n) is 3.01. The number of amides is 1. The summed E-state index contributed by atoms with van der Waals surface area (Å²) in [5.41, 5.74) is -0.389. The van der Waals surface area contributed by atoms with Crippen LogP contribution in [0.15, 0.2) is 0 Å². The second-order valence-corrected chi connectivity index (χ2v) is 7.28. The molecule has 2 fully saturated rings. The summed E-state index contributed by atoms with van der Waals surface area (Å²) in [6.07, 6.45) is 5.67. The predicted octanol–water partition coefficient (Wildman–Crippen LogP) is 1.07. The van der Waals surface area contributed by atoms with E-state index in [1.165, 1.54) is 6.42 Å². The van der Waals surface area contributed by atoms with E-state index in [9.17, 15) is 4.79 Å². The normalized spacial score (nSPS) is 29.4. The van der Waals surface area contributed by atoms with E-state index < -0.39 is 0 Å². The van der Waals surface area contributed by atoms with Crippen molar-refractivity contribution < 1.29 is 4.79 Å². The standard InChI is InChI=1S/C14H27N3OS/c1-14(2,17-8-6-15-7-9-17)13(18)16-11-4-5-12(10-11)19-3/h11-12,15H,4-10H2,1-3H3,(H,16,18). The van der Waals surface area contributed by atoms with Gasteiger partial charge in [0, 0.05) is 37.5 Å². The smallest absolute Gasteiger partial charge is 0.240 e. The highest BCUT2D eigenvalue weighted by Crippen LogP contribution is 2.28. The largest absolute Gasteiger partial charge is 0.352 e. The van der Waals surface area contributed by atoms with Gasteiger partial charge in [-0.2, -0.15) is 11.8 Å². The van der Waals surface area contributed by atoms with E-state index in [4.69, 9.17) is 0 Å². The summed E-state index contributed by atoms with van der Waals surface area (Å²) in [4.78, 5) is 14.8. The van der Waals surface area contributed by atoms with Gasteiger partial charge in [-0.25, -0.2) is 0 Å². The Morgan fingerprint density at radius 2 is 2.00 bits per heavy atom. The lowest BCUT2D eigenvalue weighted by Crippen LogP contribution is -2.60. The van der Waals surface area contributed by atoms with Crippen molar-refractivity contribution in [2.75, 3.05) is 32.4 Å². The van der Waals surface area contributed by atoms with Crippen LogP contribution < -0.4 is 10.6 Å². The number of carbonyl (C=O) groups is 1. The minimum Gasteiger partial charge on any atom is -0.352 e. The third-order valence-electron chi connectivity index (χ3n) is 4.52. The van der Waals surface area contributed by atoms with E-state index in [2.05, 4.69) is 35.6 Å². The Morgan fingerprint density at radius 3 is 2.58 bits per heavy atom. The molecule has 1 aliphatic heterocycles. The molecule has 0 bridgehead atoms. The first-order chi connectivity index (χ1) is 9.04. The van der Waals surface area contributed by atoms with E-state index in [1.807, 2.05) is 11.8 Å². The number of nitrogens with zero attached hydrogens (tertiary/aromatic N) is 1. The van der Waals surface area contributed by atoms with Crippen LogP contribution in [-0.4, -0.2) is 60.1 Å². The lowest BCUT2D eigenvalue weighted by atomic mass is 9.99. The molecule has 5 heteroatoms. The van der Waals surface area contributed by atoms with Crippen LogP contribution in [0.2, 0.25) is 0 Å². The molecular formula is C14H27N3OS. The van der Waals surface area contributed by atoms with Crippen LogP contribution in [0.25, 0.3) is 0 Å². The molecule has 110 valence electrons. The van der Waals surface area contributed by atoms with Gasteiger partial charge in [0.2, 0.25) is 5.91 Å². The van der Waals surface area contributed by atoms with Gasteiger partial charge in [0.15, 0.2) is 0 Å². The van der Waals surface area contributed by atoms with Gasteiger partial charge in [-0.3, -0.25) is 9.69 Å². The maximum Gasteiger partial charge on any atom is 0.240 e. The molecule has 0 aromatic heterocycles. The summed E-state index contributed by atoms with van der Waals surface area (Å²) >= 11 is 1.93. The second-order valence-electron chi connectivity index (χ2n) is 6.14. The van der Waals surface area contributed by atoms with Gasteiger partial charge in [0.1, 0.15) is 0 Å². The van der Waals surface area contributed by atoms with Crippen LogP contribution in [0, 0.1) is 0 Å². The summed E-state index contributed by atoms with van der Waals surface area (Å²) < 4.78 is 0. The minimum atomic E-state index is -0.389. The lowest BCUT2D eigenvalue weighted by molar-refractivity contribution is -0.132. The summed E-state index contributed by atoms with van der Waals surface area (Å²) in [6, 6.07) is 0.382. The van der Waals surface area contributed by atoms with E-state index in [0.717, 1.165) is 44.3 Å². The Kier molecular flexibility index (Phi) is 5.15. The maximum absolute atomic E-state index is 12.5. The van der Waals surface area contributed by atoms with Crippen molar-refractivity contribution >= 4 is 17.7 Å². The number of thioether (sulfide) groups is 1. The number of carbonyl (C=O) groups excluding carboxylic acids is 1.